The smallest absolute Gasteiger partial charge is 0.0700 e. The molecule has 0 bridgehead atoms. The highest BCUT2D eigenvalue weighted by Gasteiger charge is 2.21. The first-order valence-corrected chi connectivity index (χ1v) is 6.36. The second kappa shape index (κ2) is 9.19. The molecule has 0 aliphatic carbocycles. The average Bonchev–Trinajstić information content (AvgIpc) is 2.34. The SMILES string of the molecule is COCCOCCCN1CCOCC1CCl. The number of methoxy groups -OCH3 is 1. The molecule has 5 heteroatoms. The molecule has 1 aliphatic heterocycles. The predicted octanol–water partition coefficient (Wildman–Crippen LogP) is 0.979. The summed E-state index contributed by atoms with van der Waals surface area (Å²) in [7, 11) is 1.68. The minimum absolute atomic E-state index is 0.370. The van der Waals surface area contributed by atoms with E-state index >= 15 is 0 Å². The molecule has 0 amide bonds. The fraction of sp³-hybridized carbons (Fsp3) is 1.00. The monoisotopic (exact) mass is 251 g/mol. The molecule has 0 N–H and O–H groups in total. The van der Waals surface area contributed by atoms with Gasteiger partial charge in [0.15, 0.2) is 0 Å². The topological polar surface area (TPSA) is 30.9 Å². The first-order valence-electron chi connectivity index (χ1n) is 5.83. The van der Waals surface area contributed by atoms with Gasteiger partial charge in [-0.3, -0.25) is 4.90 Å². The zero-order valence-electron chi connectivity index (χ0n) is 9.99. The minimum Gasteiger partial charge on any atom is -0.382 e. The van der Waals surface area contributed by atoms with Crippen LogP contribution < -0.4 is 0 Å². The number of ether oxygens (including phenoxy) is 3. The van der Waals surface area contributed by atoms with Gasteiger partial charge in [0.05, 0.1) is 26.4 Å². The van der Waals surface area contributed by atoms with Gasteiger partial charge < -0.3 is 14.2 Å². The van der Waals surface area contributed by atoms with Crippen LogP contribution >= 0.6 is 11.6 Å². The molecule has 1 atom stereocenters. The molecule has 0 radical (unpaired) electrons. The van der Waals surface area contributed by atoms with E-state index in [1.807, 2.05) is 0 Å². The Morgan fingerprint density at radius 2 is 2.25 bits per heavy atom. The summed E-state index contributed by atoms with van der Waals surface area (Å²) in [4.78, 5) is 2.39. The summed E-state index contributed by atoms with van der Waals surface area (Å²) in [5.41, 5.74) is 0. The zero-order valence-corrected chi connectivity index (χ0v) is 10.7. The van der Waals surface area contributed by atoms with E-state index in [1.54, 1.807) is 7.11 Å². The summed E-state index contributed by atoms with van der Waals surface area (Å²) in [5, 5.41) is 0. The van der Waals surface area contributed by atoms with Crippen molar-refractivity contribution in [1.29, 1.82) is 0 Å². The summed E-state index contributed by atoms with van der Waals surface area (Å²) >= 11 is 5.89. The number of halogens is 1. The molecule has 16 heavy (non-hydrogen) atoms. The molecule has 0 saturated carbocycles. The second-order valence-corrected chi connectivity index (χ2v) is 4.19. The van der Waals surface area contributed by atoms with Gasteiger partial charge in [0.2, 0.25) is 0 Å². The molecule has 4 nitrogen and oxygen atoms in total. The number of morpholine rings is 1. The van der Waals surface area contributed by atoms with Crippen molar-refractivity contribution in [1.82, 2.24) is 4.90 Å². The third kappa shape index (κ3) is 5.46. The van der Waals surface area contributed by atoms with Crippen molar-refractivity contribution in [2.24, 2.45) is 0 Å². The average molecular weight is 252 g/mol. The van der Waals surface area contributed by atoms with E-state index in [-0.39, 0.29) is 0 Å². The van der Waals surface area contributed by atoms with E-state index in [4.69, 9.17) is 25.8 Å². The Morgan fingerprint density at radius 1 is 1.38 bits per heavy atom. The van der Waals surface area contributed by atoms with Gasteiger partial charge in [-0.15, -0.1) is 11.6 Å². The lowest BCUT2D eigenvalue weighted by molar-refractivity contribution is -0.00467. The minimum atomic E-state index is 0.370. The van der Waals surface area contributed by atoms with Crippen LogP contribution in [-0.4, -0.2) is 70.1 Å². The second-order valence-electron chi connectivity index (χ2n) is 3.88. The van der Waals surface area contributed by atoms with Gasteiger partial charge in [0.1, 0.15) is 0 Å². The fourth-order valence-corrected chi connectivity index (χ4v) is 2.02. The van der Waals surface area contributed by atoms with E-state index in [2.05, 4.69) is 4.90 Å². The van der Waals surface area contributed by atoms with Gasteiger partial charge in [-0.05, 0) is 6.42 Å². The van der Waals surface area contributed by atoms with Crippen LogP contribution in [0.15, 0.2) is 0 Å². The van der Waals surface area contributed by atoms with E-state index in [9.17, 15) is 0 Å². The Labute approximate surface area is 103 Å². The van der Waals surface area contributed by atoms with Crippen molar-refractivity contribution in [2.45, 2.75) is 12.5 Å². The van der Waals surface area contributed by atoms with Crippen LogP contribution in [0.3, 0.4) is 0 Å². The number of nitrogens with zero attached hydrogens (tertiary/aromatic N) is 1. The largest absolute Gasteiger partial charge is 0.382 e. The number of hydrogen-bond acceptors (Lipinski definition) is 4. The number of hydrogen-bond donors (Lipinski definition) is 0. The van der Waals surface area contributed by atoms with E-state index < -0.39 is 0 Å². The highest BCUT2D eigenvalue weighted by atomic mass is 35.5. The first-order chi connectivity index (χ1) is 7.88. The maximum Gasteiger partial charge on any atom is 0.0700 e. The molecular formula is C11H22ClNO3. The van der Waals surface area contributed by atoms with Gasteiger partial charge in [0, 0.05) is 38.7 Å². The molecule has 0 aromatic rings. The molecule has 96 valence electrons. The highest BCUT2D eigenvalue weighted by molar-refractivity contribution is 6.18. The standard InChI is InChI=1S/C11H22ClNO3/c1-14-7-8-15-5-2-3-13-4-6-16-10-11(13)9-12/h11H,2-10H2,1H3. The summed E-state index contributed by atoms with van der Waals surface area (Å²) in [6.07, 6.45) is 1.04. The van der Waals surface area contributed by atoms with Crippen molar-refractivity contribution in [3.63, 3.8) is 0 Å². The van der Waals surface area contributed by atoms with Crippen LogP contribution in [0.4, 0.5) is 0 Å². The van der Waals surface area contributed by atoms with Gasteiger partial charge in [-0.1, -0.05) is 0 Å². The maximum absolute atomic E-state index is 5.89. The van der Waals surface area contributed by atoms with Crippen LogP contribution in [0, 0.1) is 0 Å². The van der Waals surface area contributed by atoms with Crippen LogP contribution in [-0.2, 0) is 14.2 Å². The van der Waals surface area contributed by atoms with Crippen molar-refractivity contribution in [2.75, 3.05) is 59.1 Å². The summed E-state index contributed by atoms with van der Waals surface area (Å²) in [5.74, 6) is 0.643. The van der Waals surface area contributed by atoms with Gasteiger partial charge in [-0.25, -0.2) is 0 Å². The summed E-state index contributed by atoms with van der Waals surface area (Å²) in [6.45, 7) is 5.73. The van der Waals surface area contributed by atoms with Gasteiger partial charge in [-0.2, -0.15) is 0 Å². The Kier molecular flexibility index (Phi) is 8.15. The lowest BCUT2D eigenvalue weighted by atomic mass is 10.2. The van der Waals surface area contributed by atoms with Gasteiger partial charge in [0.25, 0.3) is 0 Å². The molecule has 1 saturated heterocycles. The number of rotatable bonds is 8. The maximum atomic E-state index is 5.89. The molecule has 1 unspecified atom stereocenters. The van der Waals surface area contributed by atoms with Crippen LogP contribution in [0.5, 0.6) is 0 Å². The summed E-state index contributed by atoms with van der Waals surface area (Å²) < 4.78 is 15.7. The first kappa shape index (κ1) is 14.2. The van der Waals surface area contributed by atoms with E-state index in [0.717, 1.165) is 39.3 Å². The van der Waals surface area contributed by atoms with Gasteiger partial charge >= 0.3 is 0 Å². The van der Waals surface area contributed by atoms with Crippen LogP contribution in [0.1, 0.15) is 6.42 Å². The normalized spacial score (nSPS) is 22.5. The Balaban J connectivity index is 2.02. The Bertz CT molecular complexity index is 171. The third-order valence-corrected chi connectivity index (χ3v) is 3.05. The lowest BCUT2D eigenvalue weighted by Crippen LogP contribution is -2.47. The van der Waals surface area contributed by atoms with Crippen molar-refractivity contribution in [3.05, 3.63) is 0 Å². The van der Waals surface area contributed by atoms with E-state index in [0.29, 0.717) is 25.1 Å². The quantitative estimate of drug-likeness (QED) is 0.475. The van der Waals surface area contributed by atoms with Crippen molar-refractivity contribution >= 4 is 11.6 Å². The fourth-order valence-electron chi connectivity index (χ4n) is 1.74. The molecule has 0 aromatic carbocycles. The molecule has 0 spiro atoms. The predicted molar refractivity (Wildman–Crippen MR) is 64.2 cm³/mol. The highest BCUT2D eigenvalue weighted by Crippen LogP contribution is 2.08. The molecule has 1 fully saturated rings. The molecule has 0 aromatic heterocycles. The zero-order chi connectivity index (χ0) is 11.6. The lowest BCUT2D eigenvalue weighted by Gasteiger charge is -2.34. The Hall–Kier alpha value is 0.130. The van der Waals surface area contributed by atoms with Crippen molar-refractivity contribution < 1.29 is 14.2 Å². The molecule has 1 heterocycles. The van der Waals surface area contributed by atoms with Crippen LogP contribution in [0.2, 0.25) is 0 Å². The van der Waals surface area contributed by atoms with Crippen LogP contribution in [0.25, 0.3) is 0 Å². The molecule has 1 aliphatic rings. The van der Waals surface area contributed by atoms with E-state index in [1.165, 1.54) is 0 Å². The molecular weight excluding hydrogens is 230 g/mol. The van der Waals surface area contributed by atoms with Crippen molar-refractivity contribution in [3.8, 4) is 0 Å². The third-order valence-electron chi connectivity index (χ3n) is 2.69. The summed E-state index contributed by atoms with van der Waals surface area (Å²) in [6, 6.07) is 0.370. The molecule has 1 rings (SSSR count). The Morgan fingerprint density at radius 3 is 3.00 bits per heavy atom. The number of alkyl halides is 1.